The molecule has 0 aliphatic carbocycles. The van der Waals surface area contributed by atoms with Crippen molar-refractivity contribution in [3.05, 3.63) is 70.2 Å². The minimum Gasteiger partial charge on any atom is -0.494 e. The summed E-state index contributed by atoms with van der Waals surface area (Å²) in [6.45, 7) is 2.51. The van der Waals surface area contributed by atoms with Gasteiger partial charge in [0.2, 0.25) is 0 Å². The number of carbonyl (C=O) groups is 1. The Bertz CT molecular complexity index is 695. The summed E-state index contributed by atoms with van der Waals surface area (Å²) in [5.41, 5.74) is 4.05. The maximum Gasteiger partial charge on any atom is 0.271 e. The monoisotopic (exact) mass is 372 g/mol. The van der Waals surface area contributed by atoms with Gasteiger partial charge in [0, 0.05) is 10.0 Å². The van der Waals surface area contributed by atoms with Gasteiger partial charge in [0.15, 0.2) is 0 Å². The number of hydrogen-bond donors (Lipinski definition) is 1. The summed E-state index contributed by atoms with van der Waals surface area (Å²) in [6.07, 6.45) is 3.45. The summed E-state index contributed by atoms with van der Waals surface area (Å²) >= 11 is 3.39. The third kappa shape index (κ3) is 5.71. The van der Waals surface area contributed by atoms with Crippen molar-refractivity contribution in [1.29, 1.82) is 0 Å². The molecule has 2 aromatic rings. The number of carbonyl (C=O) groups excluding carboxylic acids is 1. The normalized spacial score (nSPS) is 11.5. The van der Waals surface area contributed by atoms with Crippen LogP contribution in [0, 0.1) is 0 Å². The highest BCUT2D eigenvalue weighted by Crippen LogP contribution is 2.12. The van der Waals surface area contributed by atoms with Crippen molar-refractivity contribution in [1.82, 2.24) is 5.43 Å². The second-order valence-electron chi connectivity index (χ2n) is 4.60. The number of halogens is 1. The van der Waals surface area contributed by atoms with E-state index in [0.717, 1.165) is 15.8 Å². The molecule has 0 fully saturated rings. The molecule has 2 rings (SSSR count). The highest BCUT2D eigenvalue weighted by atomic mass is 79.9. The van der Waals surface area contributed by atoms with Crippen LogP contribution in [0.4, 0.5) is 0 Å². The van der Waals surface area contributed by atoms with Gasteiger partial charge in [0.05, 0.1) is 12.8 Å². The van der Waals surface area contributed by atoms with Gasteiger partial charge in [0.1, 0.15) is 5.75 Å². The van der Waals surface area contributed by atoms with Crippen LogP contribution in [0.1, 0.15) is 22.8 Å². The van der Waals surface area contributed by atoms with Crippen LogP contribution in [0.5, 0.6) is 5.75 Å². The number of nitrogens with one attached hydrogen (secondary N) is 1. The Morgan fingerprint density at radius 2 is 1.87 bits per heavy atom. The zero-order valence-corrected chi connectivity index (χ0v) is 14.3. The molecule has 4 nitrogen and oxygen atoms in total. The average molecular weight is 373 g/mol. The summed E-state index contributed by atoms with van der Waals surface area (Å²) in [7, 11) is 0. The van der Waals surface area contributed by atoms with Gasteiger partial charge < -0.3 is 4.74 Å². The number of hydrogen-bond acceptors (Lipinski definition) is 3. The predicted molar refractivity (Wildman–Crippen MR) is 96.9 cm³/mol. The van der Waals surface area contributed by atoms with Crippen LogP contribution in [0.2, 0.25) is 0 Å². The van der Waals surface area contributed by atoms with Gasteiger partial charge >= 0.3 is 0 Å². The van der Waals surface area contributed by atoms with Crippen LogP contribution in [0.15, 0.2) is 64.2 Å². The van der Waals surface area contributed by atoms with Crippen LogP contribution in [-0.4, -0.2) is 18.7 Å². The summed E-state index contributed by atoms with van der Waals surface area (Å²) in [6, 6.07) is 16.7. The molecule has 5 heteroatoms. The van der Waals surface area contributed by atoms with Crippen LogP contribution in [0.25, 0.3) is 6.08 Å². The maximum atomic E-state index is 12.0. The van der Waals surface area contributed by atoms with Gasteiger partial charge in [-0.2, -0.15) is 5.10 Å². The molecule has 0 bridgehead atoms. The van der Waals surface area contributed by atoms with Crippen molar-refractivity contribution in [2.75, 3.05) is 6.61 Å². The number of rotatable bonds is 6. The van der Waals surface area contributed by atoms with Crippen LogP contribution < -0.4 is 10.2 Å². The van der Waals surface area contributed by atoms with E-state index in [1.807, 2.05) is 43.3 Å². The topological polar surface area (TPSA) is 50.7 Å². The Morgan fingerprint density at radius 1 is 1.17 bits per heavy atom. The Balaban J connectivity index is 1.91. The lowest BCUT2D eigenvalue weighted by atomic mass is 10.2. The van der Waals surface area contributed by atoms with E-state index >= 15 is 0 Å². The fraction of sp³-hybridized carbons (Fsp3) is 0.111. The van der Waals surface area contributed by atoms with E-state index in [9.17, 15) is 4.79 Å². The lowest BCUT2D eigenvalue weighted by Crippen LogP contribution is -2.17. The molecule has 0 aliphatic heterocycles. The zero-order valence-electron chi connectivity index (χ0n) is 12.7. The quantitative estimate of drug-likeness (QED) is 0.608. The molecule has 0 atom stereocenters. The Morgan fingerprint density at radius 3 is 2.52 bits per heavy atom. The number of amides is 1. The van der Waals surface area contributed by atoms with Gasteiger partial charge in [-0.25, -0.2) is 5.43 Å². The van der Waals surface area contributed by atoms with E-state index in [1.54, 1.807) is 30.5 Å². The molecule has 118 valence electrons. The maximum absolute atomic E-state index is 12.0. The Kier molecular flexibility index (Phi) is 6.56. The summed E-state index contributed by atoms with van der Waals surface area (Å²) < 4.78 is 6.09. The standard InChI is InChI=1S/C18H17BrN2O2/c1-2-23-17-10-8-15(9-11-17)18(22)21-20-13-16(19)12-14-6-4-3-5-7-14/h3-13H,2H2,1H3,(H,21,22)/b16-12-,20-13-. The van der Waals surface area contributed by atoms with Crippen molar-refractivity contribution in [2.45, 2.75) is 6.92 Å². The molecular formula is C18H17BrN2O2. The number of benzene rings is 2. The van der Waals surface area contributed by atoms with E-state index in [2.05, 4.69) is 26.5 Å². The summed E-state index contributed by atoms with van der Waals surface area (Å²) in [4.78, 5) is 12.0. The average Bonchev–Trinajstić information content (AvgIpc) is 2.56. The van der Waals surface area contributed by atoms with E-state index in [1.165, 1.54) is 0 Å². The molecule has 2 aromatic carbocycles. The number of nitrogens with zero attached hydrogens (tertiary/aromatic N) is 1. The van der Waals surface area contributed by atoms with Gasteiger partial charge in [-0.15, -0.1) is 0 Å². The molecule has 0 saturated carbocycles. The van der Waals surface area contributed by atoms with Crippen LogP contribution in [-0.2, 0) is 0 Å². The molecule has 1 N–H and O–H groups in total. The molecule has 0 heterocycles. The predicted octanol–water partition coefficient (Wildman–Crippen LogP) is 4.24. The second kappa shape index (κ2) is 8.90. The largest absolute Gasteiger partial charge is 0.494 e. The Hall–Kier alpha value is -2.40. The first-order valence-corrected chi connectivity index (χ1v) is 7.97. The fourth-order valence-corrected chi connectivity index (χ4v) is 2.20. The number of ether oxygens (including phenoxy) is 1. The molecule has 0 unspecified atom stereocenters. The van der Waals surface area contributed by atoms with E-state index in [4.69, 9.17) is 4.74 Å². The number of hydrazone groups is 1. The first-order chi connectivity index (χ1) is 11.2. The third-order valence-electron chi connectivity index (χ3n) is 2.89. The first-order valence-electron chi connectivity index (χ1n) is 7.17. The smallest absolute Gasteiger partial charge is 0.271 e. The van der Waals surface area contributed by atoms with Gasteiger partial charge in [-0.3, -0.25) is 4.79 Å². The van der Waals surface area contributed by atoms with E-state index < -0.39 is 0 Å². The van der Waals surface area contributed by atoms with Crippen LogP contribution in [0.3, 0.4) is 0 Å². The Labute approximate surface area is 144 Å². The van der Waals surface area contributed by atoms with Crippen molar-refractivity contribution in [3.63, 3.8) is 0 Å². The van der Waals surface area contributed by atoms with Crippen molar-refractivity contribution >= 4 is 34.1 Å². The zero-order chi connectivity index (χ0) is 16.5. The van der Waals surface area contributed by atoms with Gasteiger partial charge in [0.25, 0.3) is 5.91 Å². The van der Waals surface area contributed by atoms with Gasteiger partial charge in [-0.05, 0) is 58.8 Å². The minimum atomic E-state index is -0.274. The lowest BCUT2D eigenvalue weighted by molar-refractivity contribution is 0.0955. The highest BCUT2D eigenvalue weighted by molar-refractivity contribution is 9.12. The van der Waals surface area contributed by atoms with Crippen molar-refractivity contribution in [2.24, 2.45) is 5.10 Å². The van der Waals surface area contributed by atoms with E-state index in [0.29, 0.717) is 12.2 Å². The molecule has 23 heavy (non-hydrogen) atoms. The molecule has 0 radical (unpaired) electrons. The number of allylic oxidation sites excluding steroid dienone is 1. The third-order valence-corrected chi connectivity index (χ3v) is 3.32. The molecule has 0 aromatic heterocycles. The second-order valence-corrected chi connectivity index (χ2v) is 5.51. The van der Waals surface area contributed by atoms with Crippen molar-refractivity contribution in [3.8, 4) is 5.75 Å². The highest BCUT2D eigenvalue weighted by Gasteiger charge is 2.03. The lowest BCUT2D eigenvalue weighted by Gasteiger charge is -2.03. The summed E-state index contributed by atoms with van der Waals surface area (Å²) in [5.74, 6) is 0.463. The molecule has 1 amide bonds. The van der Waals surface area contributed by atoms with E-state index in [-0.39, 0.29) is 5.91 Å². The van der Waals surface area contributed by atoms with Gasteiger partial charge in [-0.1, -0.05) is 30.3 Å². The molecule has 0 aliphatic rings. The van der Waals surface area contributed by atoms with Crippen molar-refractivity contribution < 1.29 is 9.53 Å². The SMILES string of the molecule is CCOc1ccc(C(=O)N/N=C\C(Br)=C\c2ccccc2)cc1. The molecule has 0 saturated heterocycles. The fourth-order valence-electron chi connectivity index (χ4n) is 1.83. The summed E-state index contributed by atoms with van der Waals surface area (Å²) in [5, 5.41) is 3.93. The molecular weight excluding hydrogens is 356 g/mol. The first kappa shape index (κ1) is 17.0. The molecule has 0 spiro atoms. The minimum absolute atomic E-state index is 0.274. The van der Waals surface area contributed by atoms with Crippen LogP contribution >= 0.6 is 15.9 Å².